The van der Waals surface area contributed by atoms with E-state index in [4.69, 9.17) is 5.11 Å². The second-order valence-corrected chi connectivity index (χ2v) is 3.66. The Labute approximate surface area is 96.3 Å². The van der Waals surface area contributed by atoms with Crippen molar-refractivity contribution < 1.29 is 23.5 Å². The number of hydrazone groups is 1. The van der Waals surface area contributed by atoms with Crippen molar-refractivity contribution in [3.05, 3.63) is 0 Å². The molecule has 2 amide bonds. The molecule has 1 aliphatic heterocycles. The predicted molar refractivity (Wildman–Crippen MR) is 54.5 cm³/mol. The molecule has 0 radical (unpaired) electrons. The van der Waals surface area contributed by atoms with Crippen LogP contribution in [0.15, 0.2) is 5.10 Å². The third-order valence-corrected chi connectivity index (χ3v) is 2.21. The lowest BCUT2D eigenvalue weighted by atomic mass is 10.1. The van der Waals surface area contributed by atoms with Crippen LogP contribution in [0.25, 0.3) is 0 Å². The minimum absolute atomic E-state index is 0.0286. The van der Waals surface area contributed by atoms with E-state index in [0.717, 1.165) is 5.01 Å². The highest BCUT2D eigenvalue weighted by molar-refractivity contribution is 6.39. The zero-order valence-corrected chi connectivity index (χ0v) is 9.24. The average Bonchev–Trinajstić information content (AvgIpc) is 2.30. The topological polar surface area (TPSA) is 82.0 Å². The molecule has 0 aliphatic carbocycles. The van der Waals surface area contributed by atoms with E-state index in [1.807, 2.05) is 5.32 Å². The minimum Gasteiger partial charge on any atom is -0.390 e. The molecular formula is C9H13F2N3O3. The van der Waals surface area contributed by atoms with Crippen molar-refractivity contribution in [3.63, 3.8) is 0 Å². The first-order valence-corrected chi connectivity index (χ1v) is 4.96. The summed E-state index contributed by atoms with van der Waals surface area (Å²) in [6.45, 7) is -2.29. The van der Waals surface area contributed by atoms with Gasteiger partial charge in [-0.15, -0.1) is 0 Å². The lowest BCUT2D eigenvalue weighted by Crippen LogP contribution is -2.43. The number of rotatable bonds is 4. The van der Waals surface area contributed by atoms with Gasteiger partial charge in [-0.2, -0.15) is 5.10 Å². The number of carbonyl (C=O) groups excluding carboxylic acids is 2. The van der Waals surface area contributed by atoms with Crippen LogP contribution in [0.3, 0.4) is 0 Å². The van der Waals surface area contributed by atoms with Crippen LogP contribution < -0.4 is 5.32 Å². The highest BCUT2D eigenvalue weighted by atomic mass is 19.3. The van der Waals surface area contributed by atoms with Crippen LogP contribution in [0, 0.1) is 0 Å². The van der Waals surface area contributed by atoms with Crippen molar-refractivity contribution in [2.75, 3.05) is 20.2 Å². The Balaban J connectivity index is 2.54. The molecule has 0 bridgehead atoms. The highest BCUT2D eigenvalue weighted by Gasteiger charge is 2.30. The van der Waals surface area contributed by atoms with Gasteiger partial charge < -0.3 is 10.4 Å². The standard InChI is InChI=1S/C9H13F2N3O3/c1-14-7(16)3-2-6(13-14)8(17)12-4-9(10,11)5-15/h15H,2-5H2,1H3,(H,12,17). The first-order chi connectivity index (χ1) is 7.85. The van der Waals surface area contributed by atoms with E-state index in [-0.39, 0.29) is 24.5 Å². The van der Waals surface area contributed by atoms with E-state index < -0.39 is 25.0 Å². The summed E-state index contributed by atoms with van der Waals surface area (Å²) in [6.07, 6.45) is 0.249. The Morgan fingerprint density at radius 2 is 2.24 bits per heavy atom. The van der Waals surface area contributed by atoms with Gasteiger partial charge in [0.05, 0.1) is 6.54 Å². The van der Waals surface area contributed by atoms with Crippen molar-refractivity contribution >= 4 is 17.5 Å². The van der Waals surface area contributed by atoms with E-state index in [2.05, 4.69) is 5.10 Å². The number of aliphatic hydroxyl groups is 1. The molecule has 0 atom stereocenters. The second kappa shape index (κ2) is 5.17. The number of nitrogens with zero attached hydrogens (tertiary/aromatic N) is 2. The molecule has 0 saturated carbocycles. The van der Waals surface area contributed by atoms with Crippen LogP contribution in [0.1, 0.15) is 12.8 Å². The van der Waals surface area contributed by atoms with E-state index in [0.29, 0.717) is 0 Å². The van der Waals surface area contributed by atoms with E-state index in [1.165, 1.54) is 7.05 Å². The molecule has 8 heteroatoms. The predicted octanol–water partition coefficient (Wildman–Crippen LogP) is -0.662. The molecule has 0 aromatic rings. The Morgan fingerprint density at radius 1 is 1.59 bits per heavy atom. The molecule has 0 spiro atoms. The summed E-state index contributed by atoms with van der Waals surface area (Å²) in [7, 11) is 1.39. The maximum atomic E-state index is 12.7. The number of aliphatic hydroxyl groups excluding tert-OH is 1. The summed E-state index contributed by atoms with van der Waals surface area (Å²) < 4.78 is 25.3. The average molecular weight is 249 g/mol. The molecule has 0 fully saturated rings. The molecule has 2 N–H and O–H groups in total. The highest BCUT2D eigenvalue weighted by Crippen LogP contribution is 2.11. The molecular weight excluding hydrogens is 236 g/mol. The molecule has 0 aromatic carbocycles. The fourth-order valence-corrected chi connectivity index (χ4v) is 1.20. The van der Waals surface area contributed by atoms with Crippen molar-refractivity contribution in [3.8, 4) is 0 Å². The second-order valence-electron chi connectivity index (χ2n) is 3.66. The number of alkyl halides is 2. The van der Waals surface area contributed by atoms with Gasteiger partial charge in [0, 0.05) is 19.9 Å². The zero-order valence-electron chi connectivity index (χ0n) is 9.24. The maximum Gasteiger partial charge on any atom is 0.287 e. The molecule has 0 unspecified atom stereocenters. The molecule has 0 saturated heterocycles. The van der Waals surface area contributed by atoms with Gasteiger partial charge in [0.25, 0.3) is 11.8 Å². The van der Waals surface area contributed by atoms with Crippen LogP contribution in [0.2, 0.25) is 0 Å². The largest absolute Gasteiger partial charge is 0.390 e. The first kappa shape index (κ1) is 13.5. The van der Waals surface area contributed by atoms with Crippen molar-refractivity contribution in [2.24, 2.45) is 5.10 Å². The number of halogens is 2. The summed E-state index contributed by atoms with van der Waals surface area (Å²) in [5.41, 5.74) is 0.0286. The third kappa shape index (κ3) is 3.74. The van der Waals surface area contributed by atoms with Gasteiger partial charge in [-0.3, -0.25) is 9.59 Å². The Bertz CT molecular complexity index is 357. The maximum absolute atomic E-state index is 12.7. The van der Waals surface area contributed by atoms with Gasteiger partial charge in [0.15, 0.2) is 0 Å². The quantitative estimate of drug-likeness (QED) is 0.693. The molecule has 96 valence electrons. The number of nitrogens with one attached hydrogen (secondary N) is 1. The summed E-state index contributed by atoms with van der Waals surface area (Å²) in [5, 5.41) is 14.9. The lowest BCUT2D eigenvalue weighted by molar-refractivity contribution is -0.130. The fourth-order valence-electron chi connectivity index (χ4n) is 1.20. The zero-order chi connectivity index (χ0) is 13.1. The van der Waals surface area contributed by atoms with Gasteiger partial charge in [-0.1, -0.05) is 0 Å². The molecule has 0 aromatic heterocycles. The van der Waals surface area contributed by atoms with Crippen LogP contribution in [-0.4, -0.2) is 53.8 Å². The van der Waals surface area contributed by atoms with E-state index >= 15 is 0 Å². The van der Waals surface area contributed by atoms with Gasteiger partial charge in [0.1, 0.15) is 12.3 Å². The monoisotopic (exact) mass is 249 g/mol. The van der Waals surface area contributed by atoms with Crippen molar-refractivity contribution in [1.29, 1.82) is 0 Å². The molecule has 17 heavy (non-hydrogen) atoms. The SMILES string of the molecule is CN1N=C(C(=O)NCC(F)(F)CO)CCC1=O. The van der Waals surface area contributed by atoms with Gasteiger partial charge in [-0.25, -0.2) is 13.8 Å². The summed E-state index contributed by atoms with van der Waals surface area (Å²) in [5.74, 6) is -4.34. The van der Waals surface area contributed by atoms with E-state index in [1.54, 1.807) is 0 Å². The van der Waals surface area contributed by atoms with Crippen LogP contribution in [0.4, 0.5) is 8.78 Å². The van der Waals surface area contributed by atoms with Gasteiger partial charge in [-0.05, 0) is 0 Å². The van der Waals surface area contributed by atoms with Gasteiger partial charge >= 0.3 is 0 Å². The normalized spacial score (nSPS) is 16.8. The van der Waals surface area contributed by atoms with Crippen LogP contribution in [0.5, 0.6) is 0 Å². The Morgan fingerprint density at radius 3 is 2.76 bits per heavy atom. The first-order valence-electron chi connectivity index (χ1n) is 4.96. The lowest BCUT2D eigenvalue weighted by Gasteiger charge is -2.20. The Kier molecular flexibility index (Phi) is 4.11. The summed E-state index contributed by atoms with van der Waals surface area (Å²) >= 11 is 0. The number of hydrogen-bond acceptors (Lipinski definition) is 4. The third-order valence-electron chi connectivity index (χ3n) is 2.21. The summed E-state index contributed by atoms with van der Waals surface area (Å²) in [4.78, 5) is 22.5. The summed E-state index contributed by atoms with van der Waals surface area (Å²) in [6, 6.07) is 0. The minimum atomic E-state index is -3.35. The molecule has 1 aliphatic rings. The van der Waals surface area contributed by atoms with Crippen LogP contribution in [-0.2, 0) is 9.59 Å². The van der Waals surface area contributed by atoms with Crippen LogP contribution >= 0.6 is 0 Å². The number of hydrogen-bond donors (Lipinski definition) is 2. The molecule has 1 heterocycles. The van der Waals surface area contributed by atoms with E-state index in [9.17, 15) is 18.4 Å². The smallest absolute Gasteiger partial charge is 0.287 e. The molecule has 1 rings (SSSR count). The Hall–Kier alpha value is -1.57. The van der Waals surface area contributed by atoms with Crippen molar-refractivity contribution in [1.82, 2.24) is 10.3 Å². The fraction of sp³-hybridized carbons (Fsp3) is 0.667. The number of carbonyl (C=O) groups is 2. The molecule has 6 nitrogen and oxygen atoms in total. The van der Waals surface area contributed by atoms with Crippen molar-refractivity contribution in [2.45, 2.75) is 18.8 Å². The number of amides is 2. The van der Waals surface area contributed by atoms with Gasteiger partial charge in [0.2, 0.25) is 5.91 Å².